The number of furan rings is 1. The molecule has 0 aromatic carbocycles. The first-order chi connectivity index (χ1) is 8.16. The normalized spacial score (nSPS) is 12.1. The summed E-state index contributed by atoms with van der Waals surface area (Å²) in [5.41, 5.74) is 1.07. The molecule has 2 heterocycles. The van der Waals surface area contributed by atoms with Crippen LogP contribution >= 0.6 is 0 Å². The molecule has 17 heavy (non-hydrogen) atoms. The van der Waals surface area contributed by atoms with Crippen molar-refractivity contribution in [1.29, 1.82) is 0 Å². The number of hydrogen-bond acceptors (Lipinski definition) is 5. The molecule has 0 saturated carbocycles. The molecule has 0 amide bonds. The van der Waals surface area contributed by atoms with Gasteiger partial charge < -0.3 is 19.0 Å². The van der Waals surface area contributed by atoms with Gasteiger partial charge in [0.15, 0.2) is 0 Å². The van der Waals surface area contributed by atoms with Crippen molar-refractivity contribution in [2.75, 3.05) is 10.0 Å². The zero-order valence-corrected chi connectivity index (χ0v) is 9.78. The number of anilines is 3. The van der Waals surface area contributed by atoms with E-state index in [-0.39, 0.29) is 0 Å². The van der Waals surface area contributed by atoms with Crippen LogP contribution in [0.3, 0.4) is 0 Å². The highest BCUT2D eigenvalue weighted by Gasteiger charge is 2.11. The number of nitrogens with zero attached hydrogens (tertiary/aromatic N) is 1. The molecule has 0 spiro atoms. The molecule has 1 unspecified atom stereocenters. The third kappa shape index (κ3) is 2.83. The molecule has 0 aliphatic carbocycles. The predicted octanol–water partition coefficient (Wildman–Crippen LogP) is 1.93. The molecule has 0 fully saturated rings. The van der Waals surface area contributed by atoms with Crippen LogP contribution in [-0.2, 0) is 11.3 Å². The molecular weight excluding hydrogens is 242 g/mol. The monoisotopic (exact) mass is 252 g/mol. The Labute approximate surface area is 100 Å². The molecular formula is C10H10N3O3S-. The summed E-state index contributed by atoms with van der Waals surface area (Å²) in [5.74, 6) is 0.881. The van der Waals surface area contributed by atoms with Crippen molar-refractivity contribution in [3.8, 4) is 0 Å². The van der Waals surface area contributed by atoms with Gasteiger partial charge in [0.25, 0.3) is 0 Å². The summed E-state index contributed by atoms with van der Waals surface area (Å²) in [6, 6.07) is 5.34. The SMILES string of the molecule is Cc1coc(Nc2ccccn2)c1NS(=O)[O-]. The third-order valence-electron chi connectivity index (χ3n) is 2.07. The maximum Gasteiger partial charge on any atom is 0.222 e. The minimum atomic E-state index is -2.39. The molecule has 7 heteroatoms. The van der Waals surface area contributed by atoms with E-state index in [0.717, 1.165) is 0 Å². The van der Waals surface area contributed by atoms with Gasteiger partial charge in [0.05, 0.1) is 6.26 Å². The van der Waals surface area contributed by atoms with Crippen molar-refractivity contribution < 1.29 is 13.2 Å². The van der Waals surface area contributed by atoms with Crippen LogP contribution in [0.4, 0.5) is 17.4 Å². The van der Waals surface area contributed by atoms with E-state index in [1.165, 1.54) is 6.26 Å². The molecule has 0 aliphatic rings. The molecule has 1 atom stereocenters. The Morgan fingerprint density at radius 3 is 2.94 bits per heavy atom. The lowest BCUT2D eigenvalue weighted by atomic mass is 10.3. The van der Waals surface area contributed by atoms with Gasteiger partial charge in [-0.05, 0) is 19.1 Å². The van der Waals surface area contributed by atoms with E-state index in [1.54, 1.807) is 25.3 Å². The second-order valence-corrected chi connectivity index (χ2v) is 3.97. The second kappa shape index (κ2) is 4.98. The van der Waals surface area contributed by atoms with Gasteiger partial charge in [0.1, 0.15) is 11.5 Å². The van der Waals surface area contributed by atoms with Gasteiger partial charge in [-0.2, -0.15) is 0 Å². The standard InChI is InChI=1S/C10H11N3O3S/c1-7-6-16-10(9(7)13-17(14)15)12-8-4-2-3-5-11-8/h2-6,13H,1H3,(H,11,12)(H,14,15)/p-1. The van der Waals surface area contributed by atoms with Crippen LogP contribution in [0.5, 0.6) is 0 Å². The van der Waals surface area contributed by atoms with Gasteiger partial charge in [0.2, 0.25) is 5.88 Å². The molecule has 0 bridgehead atoms. The van der Waals surface area contributed by atoms with E-state index in [2.05, 4.69) is 15.0 Å². The Morgan fingerprint density at radius 2 is 2.29 bits per heavy atom. The first-order valence-corrected chi connectivity index (χ1v) is 5.86. The zero-order chi connectivity index (χ0) is 12.3. The van der Waals surface area contributed by atoms with Crippen LogP contribution in [0, 0.1) is 6.92 Å². The highest BCUT2D eigenvalue weighted by Crippen LogP contribution is 2.30. The lowest BCUT2D eigenvalue weighted by Crippen LogP contribution is -2.04. The summed E-state index contributed by atoms with van der Waals surface area (Å²) < 4.78 is 28.7. The minimum absolute atomic E-state index is 0.311. The average Bonchev–Trinajstić information content (AvgIpc) is 2.62. The van der Waals surface area contributed by atoms with Crippen molar-refractivity contribution in [2.24, 2.45) is 0 Å². The van der Waals surface area contributed by atoms with Gasteiger partial charge in [-0.3, -0.25) is 4.21 Å². The fourth-order valence-electron chi connectivity index (χ4n) is 1.30. The van der Waals surface area contributed by atoms with E-state index in [0.29, 0.717) is 23.0 Å². The van der Waals surface area contributed by atoms with Crippen LogP contribution in [-0.4, -0.2) is 13.7 Å². The first-order valence-electron chi connectivity index (χ1n) is 4.79. The van der Waals surface area contributed by atoms with Crippen LogP contribution in [0.1, 0.15) is 5.56 Å². The summed E-state index contributed by atoms with van der Waals surface area (Å²) in [6.07, 6.45) is 3.08. The highest BCUT2D eigenvalue weighted by molar-refractivity contribution is 7.80. The number of nitrogens with one attached hydrogen (secondary N) is 2. The van der Waals surface area contributed by atoms with E-state index < -0.39 is 11.3 Å². The Hall–Kier alpha value is -1.86. The van der Waals surface area contributed by atoms with Crippen molar-refractivity contribution in [1.82, 2.24) is 4.98 Å². The van der Waals surface area contributed by atoms with Crippen LogP contribution in [0.15, 0.2) is 35.1 Å². The van der Waals surface area contributed by atoms with E-state index in [4.69, 9.17) is 4.42 Å². The Kier molecular flexibility index (Phi) is 3.40. The summed E-state index contributed by atoms with van der Waals surface area (Å²) in [7, 11) is 0. The molecule has 2 aromatic heterocycles. The lowest BCUT2D eigenvalue weighted by molar-refractivity contribution is 0.542. The maximum absolute atomic E-state index is 10.6. The van der Waals surface area contributed by atoms with Gasteiger partial charge in [-0.25, -0.2) is 4.98 Å². The number of hydrogen-bond donors (Lipinski definition) is 2. The summed E-state index contributed by atoms with van der Waals surface area (Å²) >= 11 is -2.39. The van der Waals surface area contributed by atoms with Crippen molar-refractivity contribution >= 4 is 28.7 Å². The number of rotatable bonds is 4. The topological polar surface area (TPSA) is 90.2 Å². The highest BCUT2D eigenvalue weighted by atomic mass is 32.2. The zero-order valence-electron chi connectivity index (χ0n) is 8.97. The predicted molar refractivity (Wildman–Crippen MR) is 63.5 cm³/mol. The van der Waals surface area contributed by atoms with E-state index in [1.807, 2.05) is 6.07 Å². The van der Waals surface area contributed by atoms with Crippen molar-refractivity contribution in [3.05, 3.63) is 36.2 Å². The fraction of sp³-hybridized carbons (Fsp3) is 0.100. The van der Waals surface area contributed by atoms with Crippen LogP contribution in [0.25, 0.3) is 0 Å². The first kappa shape index (κ1) is 11.6. The lowest BCUT2D eigenvalue weighted by Gasteiger charge is -2.10. The molecule has 2 aromatic rings. The van der Waals surface area contributed by atoms with E-state index >= 15 is 0 Å². The van der Waals surface area contributed by atoms with Crippen LogP contribution < -0.4 is 10.0 Å². The summed E-state index contributed by atoms with van der Waals surface area (Å²) in [4.78, 5) is 4.05. The molecule has 90 valence electrons. The third-order valence-corrected chi connectivity index (χ3v) is 2.44. The molecule has 0 saturated heterocycles. The number of aryl methyl sites for hydroxylation is 1. The molecule has 2 N–H and O–H groups in total. The number of pyridine rings is 1. The Morgan fingerprint density at radius 1 is 1.47 bits per heavy atom. The minimum Gasteiger partial charge on any atom is -0.755 e. The summed E-state index contributed by atoms with van der Waals surface area (Å²) in [6.45, 7) is 1.74. The second-order valence-electron chi connectivity index (χ2n) is 3.30. The van der Waals surface area contributed by atoms with Gasteiger partial charge >= 0.3 is 0 Å². The smallest absolute Gasteiger partial charge is 0.222 e. The quantitative estimate of drug-likeness (QED) is 0.811. The average molecular weight is 252 g/mol. The van der Waals surface area contributed by atoms with Gasteiger partial charge in [-0.15, -0.1) is 0 Å². The Balaban J connectivity index is 2.24. The molecule has 2 rings (SSSR count). The maximum atomic E-state index is 10.6. The van der Waals surface area contributed by atoms with Gasteiger partial charge in [-0.1, -0.05) is 6.07 Å². The summed E-state index contributed by atoms with van der Waals surface area (Å²) in [5, 5.41) is 2.89. The largest absolute Gasteiger partial charge is 0.755 e. The fourth-order valence-corrected chi connectivity index (χ4v) is 1.72. The number of aromatic nitrogens is 1. The van der Waals surface area contributed by atoms with Crippen molar-refractivity contribution in [2.45, 2.75) is 6.92 Å². The van der Waals surface area contributed by atoms with Crippen molar-refractivity contribution in [3.63, 3.8) is 0 Å². The molecule has 0 aliphatic heterocycles. The molecule has 6 nitrogen and oxygen atoms in total. The van der Waals surface area contributed by atoms with Crippen LogP contribution in [0.2, 0.25) is 0 Å². The molecule has 0 radical (unpaired) electrons. The Bertz CT molecular complexity index is 527. The van der Waals surface area contributed by atoms with Gasteiger partial charge in [0, 0.05) is 23.0 Å². The van der Waals surface area contributed by atoms with E-state index in [9.17, 15) is 8.76 Å².